The summed E-state index contributed by atoms with van der Waals surface area (Å²) in [6, 6.07) is 15.5. The SMILES string of the molecule is CC(N)Cc1ccc(N2CCCc3ccccc32)c(Br)c1. The molecule has 1 atom stereocenters. The first kappa shape index (κ1) is 14.6. The van der Waals surface area contributed by atoms with Gasteiger partial charge in [-0.15, -0.1) is 0 Å². The van der Waals surface area contributed by atoms with Crippen LogP contribution >= 0.6 is 15.9 Å². The number of rotatable bonds is 3. The lowest BCUT2D eigenvalue weighted by Crippen LogP contribution is -2.24. The van der Waals surface area contributed by atoms with Gasteiger partial charge in [-0.3, -0.25) is 0 Å². The Morgan fingerprint density at radius 1 is 1.19 bits per heavy atom. The number of fused-ring (bicyclic) bond motifs is 1. The molecule has 1 aliphatic heterocycles. The molecule has 0 bridgehead atoms. The molecule has 0 radical (unpaired) electrons. The lowest BCUT2D eigenvalue weighted by Gasteiger charge is -2.32. The van der Waals surface area contributed by atoms with Gasteiger partial charge in [0.15, 0.2) is 0 Å². The Morgan fingerprint density at radius 2 is 2.00 bits per heavy atom. The third kappa shape index (κ3) is 3.14. The summed E-state index contributed by atoms with van der Waals surface area (Å²) in [7, 11) is 0. The Kier molecular flexibility index (Phi) is 4.32. The van der Waals surface area contributed by atoms with Crippen LogP contribution < -0.4 is 10.6 Å². The molecule has 0 amide bonds. The highest BCUT2D eigenvalue weighted by Gasteiger charge is 2.19. The molecule has 0 aliphatic carbocycles. The summed E-state index contributed by atoms with van der Waals surface area (Å²) in [6.07, 6.45) is 3.29. The summed E-state index contributed by atoms with van der Waals surface area (Å²) in [5.41, 5.74) is 11.2. The van der Waals surface area contributed by atoms with Gasteiger partial charge in [-0.1, -0.05) is 24.3 Å². The molecule has 3 heteroatoms. The zero-order valence-corrected chi connectivity index (χ0v) is 13.9. The van der Waals surface area contributed by atoms with Crippen LogP contribution in [0.25, 0.3) is 0 Å². The van der Waals surface area contributed by atoms with Gasteiger partial charge in [0.2, 0.25) is 0 Å². The molecule has 2 aromatic carbocycles. The normalized spacial score (nSPS) is 15.7. The molecule has 2 aromatic rings. The van der Waals surface area contributed by atoms with E-state index in [0.29, 0.717) is 0 Å². The number of anilines is 2. The van der Waals surface area contributed by atoms with Crippen molar-refractivity contribution in [3.05, 3.63) is 58.1 Å². The molecule has 0 saturated heterocycles. The highest BCUT2D eigenvalue weighted by Crippen LogP contribution is 2.37. The second-order valence-corrected chi connectivity index (χ2v) is 6.71. The van der Waals surface area contributed by atoms with Gasteiger partial charge in [0.25, 0.3) is 0 Å². The molecule has 3 rings (SSSR count). The van der Waals surface area contributed by atoms with E-state index in [0.717, 1.165) is 17.4 Å². The summed E-state index contributed by atoms with van der Waals surface area (Å²) in [6.45, 7) is 3.12. The molecule has 1 unspecified atom stereocenters. The van der Waals surface area contributed by atoms with E-state index in [1.807, 2.05) is 6.92 Å². The number of nitrogens with two attached hydrogens (primary N) is 1. The highest BCUT2D eigenvalue weighted by molar-refractivity contribution is 9.10. The topological polar surface area (TPSA) is 29.3 Å². The van der Waals surface area contributed by atoms with Crippen LogP contribution in [0.15, 0.2) is 46.9 Å². The molecule has 2 nitrogen and oxygen atoms in total. The van der Waals surface area contributed by atoms with Gasteiger partial charge in [-0.25, -0.2) is 0 Å². The average Bonchev–Trinajstić information content (AvgIpc) is 2.46. The van der Waals surface area contributed by atoms with Crippen molar-refractivity contribution in [1.82, 2.24) is 0 Å². The van der Waals surface area contributed by atoms with Gasteiger partial charge >= 0.3 is 0 Å². The zero-order chi connectivity index (χ0) is 14.8. The largest absolute Gasteiger partial charge is 0.340 e. The molecule has 0 saturated carbocycles. The molecule has 110 valence electrons. The van der Waals surface area contributed by atoms with Gasteiger partial charge in [0, 0.05) is 22.7 Å². The van der Waals surface area contributed by atoms with E-state index in [2.05, 4.69) is 63.3 Å². The minimum absolute atomic E-state index is 0.193. The predicted octanol–water partition coefficient (Wildman–Crippen LogP) is 4.42. The molecule has 0 aromatic heterocycles. The van der Waals surface area contributed by atoms with Crippen molar-refractivity contribution in [3.63, 3.8) is 0 Å². The van der Waals surface area contributed by atoms with Crippen molar-refractivity contribution in [2.75, 3.05) is 11.4 Å². The lowest BCUT2D eigenvalue weighted by molar-refractivity contribution is 0.737. The van der Waals surface area contributed by atoms with E-state index < -0.39 is 0 Å². The average molecular weight is 345 g/mol. The van der Waals surface area contributed by atoms with Crippen LogP contribution in [0, 0.1) is 0 Å². The van der Waals surface area contributed by atoms with Crippen LogP contribution in [-0.2, 0) is 12.8 Å². The Hall–Kier alpha value is -1.32. The van der Waals surface area contributed by atoms with E-state index in [1.165, 1.54) is 35.3 Å². The highest BCUT2D eigenvalue weighted by atomic mass is 79.9. The fraction of sp³-hybridized carbons (Fsp3) is 0.333. The van der Waals surface area contributed by atoms with E-state index in [4.69, 9.17) is 5.73 Å². The molecule has 0 fully saturated rings. The van der Waals surface area contributed by atoms with Crippen molar-refractivity contribution >= 4 is 27.3 Å². The van der Waals surface area contributed by atoms with Crippen LogP contribution in [-0.4, -0.2) is 12.6 Å². The van der Waals surface area contributed by atoms with Crippen LogP contribution in [0.3, 0.4) is 0 Å². The fourth-order valence-electron chi connectivity index (χ4n) is 3.05. The van der Waals surface area contributed by atoms with Crippen molar-refractivity contribution in [3.8, 4) is 0 Å². The lowest BCUT2D eigenvalue weighted by atomic mass is 10.0. The van der Waals surface area contributed by atoms with E-state index in [1.54, 1.807) is 0 Å². The Morgan fingerprint density at radius 3 is 2.76 bits per heavy atom. The monoisotopic (exact) mass is 344 g/mol. The number of nitrogens with zero attached hydrogens (tertiary/aromatic N) is 1. The minimum Gasteiger partial charge on any atom is -0.340 e. The Labute approximate surface area is 135 Å². The van der Waals surface area contributed by atoms with Crippen LogP contribution in [0.4, 0.5) is 11.4 Å². The summed E-state index contributed by atoms with van der Waals surface area (Å²) in [4.78, 5) is 2.42. The molecular formula is C18H21BrN2. The van der Waals surface area contributed by atoms with Crippen molar-refractivity contribution in [2.45, 2.75) is 32.2 Å². The first-order valence-electron chi connectivity index (χ1n) is 7.54. The van der Waals surface area contributed by atoms with E-state index >= 15 is 0 Å². The van der Waals surface area contributed by atoms with Gasteiger partial charge in [0.05, 0.1) is 5.69 Å². The molecule has 1 heterocycles. The zero-order valence-electron chi connectivity index (χ0n) is 12.3. The third-order valence-corrected chi connectivity index (χ3v) is 4.61. The van der Waals surface area contributed by atoms with Crippen LogP contribution in [0.1, 0.15) is 24.5 Å². The summed E-state index contributed by atoms with van der Waals surface area (Å²) < 4.78 is 1.15. The maximum Gasteiger partial charge on any atom is 0.0555 e. The van der Waals surface area contributed by atoms with Crippen LogP contribution in [0.2, 0.25) is 0 Å². The number of benzene rings is 2. The molecule has 21 heavy (non-hydrogen) atoms. The first-order valence-corrected chi connectivity index (χ1v) is 8.34. The second kappa shape index (κ2) is 6.20. The van der Waals surface area contributed by atoms with Gasteiger partial charge in [-0.2, -0.15) is 0 Å². The number of aryl methyl sites for hydroxylation is 1. The smallest absolute Gasteiger partial charge is 0.0555 e. The quantitative estimate of drug-likeness (QED) is 0.892. The molecule has 2 N–H and O–H groups in total. The number of hydrogen-bond donors (Lipinski definition) is 1. The van der Waals surface area contributed by atoms with Gasteiger partial charge < -0.3 is 10.6 Å². The third-order valence-electron chi connectivity index (χ3n) is 3.97. The summed E-state index contributed by atoms with van der Waals surface area (Å²) in [5.74, 6) is 0. The molecule has 0 spiro atoms. The fourth-order valence-corrected chi connectivity index (χ4v) is 3.69. The predicted molar refractivity (Wildman–Crippen MR) is 93.3 cm³/mol. The van der Waals surface area contributed by atoms with E-state index in [9.17, 15) is 0 Å². The van der Waals surface area contributed by atoms with Crippen LogP contribution in [0.5, 0.6) is 0 Å². The van der Waals surface area contributed by atoms with E-state index in [-0.39, 0.29) is 6.04 Å². The standard InChI is InChI=1S/C18H21BrN2/c1-13(20)11-14-8-9-18(16(19)12-14)21-10-4-6-15-5-2-3-7-17(15)21/h2-3,5,7-9,12-13H,4,6,10-11,20H2,1H3. The maximum absolute atomic E-state index is 5.89. The Bertz CT molecular complexity index is 637. The van der Waals surface area contributed by atoms with Gasteiger partial charge in [-0.05, 0) is 71.4 Å². The van der Waals surface area contributed by atoms with Crippen molar-refractivity contribution in [2.24, 2.45) is 5.73 Å². The maximum atomic E-state index is 5.89. The molecular weight excluding hydrogens is 324 g/mol. The Balaban J connectivity index is 1.95. The summed E-state index contributed by atoms with van der Waals surface area (Å²) >= 11 is 3.74. The number of halogens is 1. The van der Waals surface area contributed by atoms with Crippen molar-refractivity contribution in [1.29, 1.82) is 0 Å². The van der Waals surface area contributed by atoms with Crippen molar-refractivity contribution < 1.29 is 0 Å². The summed E-state index contributed by atoms with van der Waals surface area (Å²) in [5, 5.41) is 0. The van der Waals surface area contributed by atoms with Gasteiger partial charge in [0.1, 0.15) is 0 Å². The second-order valence-electron chi connectivity index (χ2n) is 5.85. The number of para-hydroxylation sites is 1. The molecule has 1 aliphatic rings. The minimum atomic E-state index is 0.193. The number of hydrogen-bond acceptors (Lipinski definition) is 2. The first-order chi connectivity index (χ1) is 10.1.